The number of halogens is 3. The van der Waals surface area contributed by atoms with Gasteiger partial charge in [-0.05, 0) is 39.5 Å². The average Bonchev–Trinajstić information content (AvgIpc) is 2.28. The van der Waals surface area contributed by atoms with Crippen LogP contribution in [0.1, 0.15) is 39.5 Å². The first-order valence-electron chi connectivity index (χ1n) is 6.19. The SMILES string of the molecule is CC(C)N(C=O)C1(C(=O)O)CCCC(C(F)(F)F)C1. The third-order valence-electron chi connectivity index (χ3n) is 3.75. The molecule has 0 spiro atoms. The van der Waals surface area contributed by atoms with E-state index >= 15 is 0 Å². The standard InChI is InChI=1S/C12H18F3NO3/c1-8(2)16(7-17)11(10(18)19)5-3-4-9(6-11)12(13,14)15/h7-9H,3-6H2,1-2H3,(H,18,19). The molecule has 0 aliphatic heterocycles. The molecular formula is C12H18F3NO3. The van der Waals surface area contributed by atoms with Gasteiger partial charge in [0.2, 0.25) is 6.41 Å². The molecule has 7 heteroatoms. The Balaban J connectivity index is 3.12. The van der Waals surface area contributed by atoms with Crippen molar-refractivity contribution in [1.82, 2.24) is 4.90 Å². The largest absolute Gasteiger partial charge is 0.479 e. The van der Waals surface area contributed by atoms with Crippen molar-refractivity contribution in [3.8, 4) is 0 Å². The second-order valence-electron chi connectivity index (χ2n) is 5.28. The Hall–Kier alpha value is -1.27. The predicted octanol–water partition coefficient (Wildman–Crippen LogP) is 2.43. The maximum absolute atomic E-state index is 12.8. The molecule has 2 unspecified atom stereocenters. The zero-order chi connectivity index (χ0) is 14.8. The molecule has 4 nitrogen and oxygen atoms in total. The minimum Gasteiger partial charge on any atom is -0.479 e. The first kappa shape index (κ1) is 15.8. The molecule has 2 atom stereocenters. The first-order valence-corrected chi connectivity index (χ1v) is 6.19. The number of hydrogen-bond acceptors (Lipinski definition) is 2. The van der Waals surface area contributed by atoms with E-state index in [9.17, 15) is 27.9 Å². The number of carboxylic acid groups (broad SMARTS) is 1. The Bertz CT molecular complexity index is 357. The molecule has 0 aromatic rings. The predicted molar refractivity (Wildman–Crippen MR) is 61.4 cm³/mol. The van der Waals surface area contributed by atoms with Gasteiger partial charge < -0.3 is 10.0 Å². The number of amides is 1. The fourth-order valence-electron chi connectivity index (χ4n) is 2.79. The normalized spacial score (nSPS) is 28.2. The van der Waals surface area contributed by atoms with Crippen molar-refractivity contribution < 1.29 is 27.9 Å². The summed E-state index contributed by atoms with van der Waals surface area (Å²) in [6.45, 7) is 3.19. The van der Waals surface area contributed by atoms with Gasteiger partial charge in [-0.15, -0.1) is 0 Å². The van der Waals surface area contributed by atoms with Gasteiger partial charge in [-0.2, -0.15) is 13.2 Å². The number of carbonyl (C=O) groups excluding carboxylic acids is 1. The molecule has 0 aromatic carbocycles. The second-order valence-corrected chi connectivity index (χ2v) is 5.28. The lowest BCUT2D eigenvalue weighted by Gasteiger charge is -2.45. The van der Waals surface area contributed by atoms with Crippen molar-refractivity contribution in [3.63, 3.8) is 0 Å². The summed E-state index contributed by atoms with van der Waals surface area (Å²) in [5, 5.41) is 9.35. The highest BCUT2D eigenvalue weighted by molar-refractivity contribution is 5.81. The lowest BCUT2D eigenvalue weighted by Crippen LogP contribution is -2.60. The van der Waals surface area contributed by atoms with Gasteiger partial charge in [0.25, 0.3) is 0 Å². The van der Waals surface area contributed by atoms with Crippen LogP contribution < -0.4 is 0 Å². The van der Waals surface area contributed by atoms with E-state index in [0.29, 0.717) is 6.41 Å². The number of carbonyl (C=O) groups is 2. The summed E-state index contributed by atoms with van der Waals surface area (Å²) >= 11 is 0. The molecule has 1 aliphatic carbocycles. The van der Waals surface area contributed by atoms with Crippen molar-refractivity contribution in [2.75, 3.05) is 0 Å². The van der Waals surface area contributed by atoms with Crippen LogP contribution in [0.3, 0.4) is 0 Å². The highest BCUT2D eigenvalue weighted by atomic mass is 19.4. The van der Waals surface area contributed by atoms with E-state index in [2.05, 4.69) is 0 Å². The van der Waals surface area contributed by atoms with Crippen molar-refractivity contribution in [2.45, 2.75) is 57.3 Å². The van der Waals surface area contributed by atoms with Gasteiger partial charge in [-0.1, -0.05) is 0 Å². The average molecular weight is 281 g/mol. The monoisotopic (exact) mass is 281 g/mol. The fraction of sp³-hybridized carbons (Fsp3) is 0.833. The van der Waals surface area contributed by atoms with Gasteiger partial charge in [0, 0.05) is 6.04 Å². The summed E-state index contributed by atoms with van der Waals surface area (Å²) in [5.41, 5.74) is -1.74. The zero-order valence-corrected chi connectivity index (χ0v) is 10.9. The molecule has 1 saturated carbocycles. The van der Waals surface area contributed by atoms with Crippen LogP contribution in [0, 0.1) is 5.92 Å². The van der Waals surface area contributed by atoms with E-state index in [0.717, 1.165) is 4.90 Å². The smallest absolute Gasteiger partial charge is 0.391 e. The Morgan fingerprint density at radius 3 is 2.42 bits per heavy atom. The topological polar surface area (TPSA) is 57.6 Å². The number of rotatable bonds is 4. The Kier molecular flexibility index (Phi) is 4.47. The summed E-state index contributed by atoms with van der Waals surface area (Å²) in [7, 11) is 0. The molecule has 0 saturated heterocycles. The van der Waals surface area contributed by atoms with E-state index < -0.39 is 36.1 Å². The van der Waals surface area contributed by atoms with E-state index in [1.54, 1.807) is 13.8 Å². The van der Waals surface area contributed by atoms with Crippen molar-refractivity contribution in [3.05, 3.63) is 0 Å². The quantitative estimate of drug-likeness (QED) is 0.805. The minimum atomic E-state index is -4.42. The lowest BCUT2D eigenvalue weighted by atomic mass is 9.74. The molecule has 19 heavy (non-hydrogen) atoms. The molecule has 110 valence electrons. The molecule has 0 heterocycles. The van der Waals surface area contributed by atoms with Crippen LogP contribution in [0.5, 0.6) is 0 Å². The van der Waals surface area contributed by atoms with Gasteiger partial charge in [-0.25, -0.2) is 4.79 Å². The van der Waals surface area contributed by atoms with Crippen LogP contribution in [0.25, 0.3) is 0 Å². The molecule has 0 radical (unpaired) electrons. The number of aliphatic carboxylic acids is 1. The molecule has 1 N–H and O–H groups in total. The van der Waals surface area contributed by atoms with Gasteiger partial charge in [0.15, 0.2) is 0 Å². The highest BCUT2D eigenvalue weighted by Crippen LogP contribution is 2.44. The van der Waals surface area contributed by atoms with E-state index in [1.807, 2.05) is 0 Å². The van der Waals surface area contributed by atoms with Crippen LogP contribution in [0.2, 0.25) is 0 Å². The van der Waals surface area contributed by atoms with E-state index in [-0.39, 0.29) is 19.3 Å². The fourth-order valence-corrected chi connectivity index (χ4v) is 2.79. The highest BCUT2D eigenvalue weighted by Gasteiger charge is 2.54. The van der Waals surface area contributed by atoms with Crippen LogP contribution in [0.15, 0.2) is 0 Å². The lowest BCUT2D eigenvalue weighted by molar-refractivity contribution is -0.200. The van der Waals surface area contributed by atoms with Crippen molar-refractivity contribution in [2.24, 2.45) is 5.92 Å². The number of hydrogen-bond donors (Lipinski definition) is 1. The Morgan fingerprint density at radius 2 is 2.05 bits per heavy atom. The van der Waals surface area contributed by atoms with E-state index in [1.165, 1.54) is 0 Å². The number of nitrogens with zero attached hydrogens (tertiary/aromatic N) is 1. The molecule has 1 fully saturated rings. The maximum Gasteiger partial charge on any atom is 0.391 e. The molecule has 1 aliphatic rings. The molecule has 1 amide bonds. The van der Waals surface area contributed by atoms with Crippen molar-refractivity contribution in [1.29, 1.82) is 0 Å². The minimum absolute atomic E-state index is 0.0613. The maximum atomic E-state index is 12.8. The summed E-state index contributed by atoms with van der Waals surface area (Å²) in [4.78, 5) is 23.6. The summed E-state index contributed by atoms with van der Waals surface area (Å²) in [5.74, 6) is -3.03. The van der Waals surface area contributed by atoms with Crippen LogP contribution >= 0.6 is 0 Å². The van der Waals surface area contributed by atoms with Gasteiger partial charge in [0.1, 0.15) is 5.54 Å². The molecule has 0 aromatic heterocycles. The first-order chi connectivity index (χ1) is 8.65. The van der Waals surface area contributed by atoms with Crippen molar-refractivity contribution >= 4 is 12.4 Å². The van der Waals surface area contributed by atoms with Gasteiger partial charge in [0.05, 0.1) is 5.92 Å². The third-order valence-corrected chi connectivity index (χ3v) is 3.75. The zero-order valence-electron chi connectivity index (χ0n) is 10.9. The van der Waals surface area contributed by atoms with Crippen LogP contribution in [0.4, 0.5) is 13.2 Å². The Labute approximate surface area is 109 Å². The van der Waals surface area contributed by atoms with E-state index in [4.69, 9.17) is 0 Å². The summed E-state index contributed by atoms with van der Waals surface area (Å²) < 4.78 is 38.5. The number of alkyl halides is 3. The van der Waals surface area contributed by atoms with Gasteiger partial charge >= 0.3 is 12.1 Å². The molecule has 0 bridgehead atoms. The molecular weight excluding hydrogens is 263 g/mol. The summed E-state index contributed by atoms with van der Waals surface area (Å²) in [6.07, 6.45) is -4.52. The van der Waals surface area contributed by atoms with Crippen LogP contribution in [-0.4, -0.2) is 40.1 Å². The summed E-state index contributed by atoms with van der Waals surface area (Å²) in [6, 6.07) is -0.458. The second kappa shape index (κ2) is 5.38. The third kappa shape index (κ3) is 3.01. The number of carboxylic acids is 1. The van der Waals surface area contributed by atoms with Crippen LogP contribution in [-0.2, 0) is 9.59 Å². The van der Waals surface area contributed by atoms with Gasteiger partial charge in [-0.3, -0.25) is 4.79 Å². The molecule has 1 rings (SSSR count). The Morgan fingerprint density at radius 1 is 1.47 bits per heavy atom.